The number of anilines is 4. The monoisotopic (exact) mass is 516 g/mol. The van der Waals surface area contributed by atoms with E-state index in [2.05, 4.69) is 47.6 Å². The molecule has 2 aromatic heterocycles. The van der Waals surface area contributed by atoms with E-state index < -0.39 is 0 Å². The third kappa shape index (κ3) is 3.91. The Hall–Kier alpha value is -3.64. The van der Waals surface area contributed by atoms with E-state index in [1.165, 1.54) is 6.20 Å². The molecule has 3 aromatic rings. The molecule has 0 spiro atoms. The van der Waals surface area contributed by atoms with Crippen LogP contribution in [-0.4, -0.2) is 75.0 Å². The van der Waals surface area contributed by atoms with Crippen LogP contribution in [0.3, 0.4) is 0 Å². The van der Waals surface area contributed by atoms with Gasteiger partial charge in [0.05, 0.1) is 53.5 Å². The summed E-state index contributed by atoms with van der Waals surface area (Å²) < 4.78 is 7.00. The minimum Gasteiger partial charge on any atom is -0.378 e. The van der Waals surface area contributed by atoms with Gasteiger partial charge in [0.15, 0.2) is 5.65 Å². The molecule has 4 fully saturated rings. The van der Waals surface area contributed by atoms with Crippen LogP contribution in [0.4, 0.5) is 23.3 Å². The highest BCUT2D eigenvalue weighted by molar-refractivity contribution is 6.36. The standard InChI is InChI=1S/C25H25ClN10O/c26-22-20(31-24-32-23-15(8-28)9-29-36(23)25(33-24)30-16-1-2-16)5-14(7-27)6-21(22)34-10-17-3-4-18(11-34)35(17)19-12-37-13-19/h5-6,9,16-19H,1-4,10-13H2,(H2,30,31,32,33). The lowest BCUT2D eigenvalue weighted by Crippen LogP contribution is -2.62. The second-order valence-electron chi connectivity index (χ2n) is 10.2. The van der Waals surface area contributed by atoms with Crippen molar-refractivity contribution in [2.24, 2.45) is 0 Å². The van der Waals surface area contributed by atoms with E-state index in [1.54, 1.807) is 10.6 Å². The Morgan fingerprint density at radius 2 is 1.78 bits per heavy atom. The molecular formula is C25H25ClN10O. The first-order valence-electron chi connectivity index (χ1n) is 12.6. The molecule has 0 radical (unpaired) electrons. The molecule has 1 aliphatic carbocycles. The van der Waals surface area contributed by atoms with Crippen LogP contribution >= 0.6 is 11.6 Å². The van der Waals surface area contributed by atoms with Gasteiger partial charge in [-0.2, -0.15) is 30.1 Å². The van der Waals surface area contributed by atoms with Crippen molar-refractivity contribution in [2.45, 2.75) is 49.9 Å². The van der Waals surface area contributed by atoms with Crippen LogP contribution < -0.4 is 15.5 Å². The van der Waals surface area contributed by atoms with Gasteiger partial charge in [0.2, 0.25) is 11.9 Å². The highest BCUT2D eigenvalue weighted by atomic mass is 35.5. The molecule has 1 aromatic carbocycles. The van der Waals surface area contributed by atoms with E-state index in [4.69, 9.17) is 16.3 Å². The number of ether oxygens (including phenoxy) is 1. The first-order valence-corrected chi connectivity index (χ1v) is 13.0. The van der Waals surface area contributed by atoms with Crippen LogP contribution in [-0.2, 0) is 4.74 Å². The van der Waals surface area contributed by atoms with Gasteiger partial charge in [0, 0.05) is 31.2 Å². The van der Waals surface area contributed by atoms with Gasteiger partial charge < -0.3 is 20.3 Å². The number of aromatic nitrogens is 4. The quantitative estimate of drug-likeness (QED) is 0.504. The number of nitrogens with zero attached hydrogens (tertiary/aromatic N) is 8. The fraction of sp³-hybridized carbons (Fsp3) is 0.480. The molecule has 7 rings (SSSR count). The van der Waals surface area contributed by atoms with Gasteiger partial charge in [-0.15, -0.1) is 0 Å². The number of benzene rings is 1. The fourth-order valence-corrected chi connectivity index (χ4v) is 6.03. The van der Waals surface area contributed by atoms with Crippen LogP contribution in [0.5, 0.6) is 0 Å². The van der Waals surface area contributed by atoms with E-state index in [-0.39, 0.29) is 5.95 Å². The van der Waals surface area contributed by atoms with Crippen molar-refractivity contribution in [2.75, 3.05) is 41.8 Å². The molecule has 188 valence electrons. The molecule has 2 bridgehead atoms. The number of piperazine rings is 1. The Morgan fingerprint density at radius 1 is 1.00 bits per heavy atom. The Kier molecular flexibility index (Phi) is 5.32. The molecule has 0 amide bonds. The number of fused-ring (bicyclic) bond motifs is 3. The molecule has 5 heterocycles. The third-order valence-electron chi connectivity index (χ3n) is 7.75. The van der Waals surface area contributed by atoms with Crippen molar-refractivity contribution in [1.82, 2.24) is 24.5 Å². The summed E-state index contributed by atoms with van der Waals surface area (Å²) in [6, 6.07) is 9.75. The van der Waals surface area contributed by atoms with Gasteiger partial charge in [-0.3, -0.25) is 4.90 Å². The lowest BCUT2D eigenvalue weighted by Gasteiger charge is -2.48. The molecule has 4 aliphatic rings. The van der Waals surface area contributed by atoms with E-state index in [0.717, 1.165) is 57.7 Å². The highest BCUT2D eigenvalue weighted by Crippen LogP contribution is 2.41. The number of hydrogen-bond donors (Lipinski definition) is 2. The summed E-state index contributed by atoms with van der Waals surface area (Å²) >= 11 is 6.98. The highest BCUT2D eigenvalue weighted by Gasteiger charge is 2.45. The summed E-state index contributed by atoms with van der Waals surface area (Å²) in [6.07, 6.45) is 5.92. The minimum atomic E-state index is 0.283. The Balaban J connectivity index is 1.22. The van der Waals surface area contributed by atoms with Gasteiger partial charge >= 0.3 is 0 Å². The summed E-state index contributed by atoms with van der Waals surface area (Å²) in [5, 5.41) is 30.7. The van der Waals surface area contributed by atoms with Crippen LogP contribution in [0.15, 0.2) is 18.3 Å². The molecule has 1 saturated carbocycles. The number of hydrogen-bond acceptors (Lipinski definition) is 10. The number of rotatable bonds is 6. The zero-order valence-corrected chi connectivity index (χ0v) is 20.8. The van der Waals surface area contributed by atoms with Crippen molar-refractivity contribution in [3.05, 3.63) is 34.5 Å². The summed E-state index contributed by atoms with van der Waals surface area (Å²) in [7, 11) is 0. The van der Waals surface area contributed by atoms with E-state index in [9.17, 15) is 10.5 Å². The molecule has 11 nitrogen and oxygen atoms in total. The zero-order chi connectivity index (χ0) is 25.1. The summed E-state index contributed by atoms with van der Waals surface area (Å²) in [6.45, 7) is 3.36. The van der Waals surface area contributed by atoms with Crippen molar-refractivity contribution in [1.29, 1.82) is 10.5 Å². The van der Waals surface area contributed by atoms with E-state index in [1.807, 2.05) is 6.07 Å². The molecule has 2 N–H and O–H groups in total. The maximum atomic E-state index is 9.79. The molecule has 12 heteroatoms. The van der Waals surface area contributed by atoms with Gasteiger partial charge in [-0.1, -0.05) is 11.6 Å². The van der Waals surface area contributed by atoms with Crippen molar-refractivity contribution < 1.29 is 4.74 Å². The Morgan fingerprint density at radius 3 is 2.43 bits per heavy atom. The van der Waals surface area contributed by atoms with Gasteiger partial charge in [0.25, 0.3) is 0 Å². The summed E-state index contributed by atoms with van der Waals surface area (Å²) in [5.41, 5.74) is 2.65. The maximum Gasteiger partial charge on any atom is 0.232 e. The summed E-state index contributed by atoms with van der Waals surface area (Å²) in [5.74, 6) is 0.794. The van der Waals surface area contributed by atoms with Crippen molar-refractivity contribution in [3.63, 3.8) is 0 Å². The van der Waals surface area contributed by atoms with E-state index in [0.29, 0.717) is 57.6 Å². The number of nitriles is 2. The molecule has 2 unspecified atom stereocenters. The van der Waals surface area contributed by atoms with Crippen molar-refractivity contribution >= 4 is 40.5 Å². The van der Waals surface area contributed by atoms with Crippen LogP contribution in [0.1, 0.15) is 36.8 Å². The number of nitrogens with one attached hydrogen (secondary N) is 2. The predicted octanol–water partition coefficient (Wildman–Crippen LogP) is 2.89. The molecule has 2 atom stereocenters. The van der Waals surface area contributed by atoms with Crippen molar-refractivity contribution in [3.8, 4) is 12.1 Å². The first-order chi connectivity index (χ1) is 18.1. The predicted molar refractivity (Wildman–Crippen MR) is 137 cm³/mol. The molecular weight excluding hydrogens is 492 g/mol. The average Bonchev–Trinajstić information content (AvgIpc) is 3.54. The fourth-order valence-electron chi connectivity index (χ4n) is 5.76. The topological polar surface area (TPSA) is 130 Å². The molecule has 3 saturated heterocycles. The maximum absolute atomic E-state index is 9.79. The lowest BCUT2D eigenvalue weighted by atomic mass is 10.1. The zero-order valence-electron chi connectivity index (χ0n) is 20.1. The minimum absolute atomic E-state index is 0.283. The van der Waals surface area contributed by atoms with Crippen LogP contribution in [0.25, 0.3) is 5.65 Å². The summed E-state index contributed by atoms with van der Waals surface area (Å²) in [4.78, 5) is 14.1. The third-order valence-corrected chi connectivity index (χ3v) is 8.15. The average molecular weight is 517 g/mol. The molecule has 37 heavy (non-hydrogen) atoms. The first kappa shape index (κ1) is 22.5. The second-order valence-corrected chi connectivity index (χ2v) is 10.6. The second kappa shape index (κ2) is 8.73. The van der Waals surface area contributed by atoms with E-state index >= 15 is 0 Å². The van der Waals surface area contributed by atoms with Gasteiger partial charge in [-0.25, -0.2) is 0 Å². The molecule has 3 aliphatic heterocycles. The number of halogens is 1. The Labute approximate surface area is 218 Å². The Bertz CT molecular complexity index is 1450. The lowest BCUT2D eigenvalue weighted by molar-refractivity contribution is -0.0850. The SMILES string of the molecule is N#Cc1cc(Nc2nc(NC3CC3)n3ncc(C#N)c3n2)c(Cl)c(N2CC3CCC(C2)N3C2COC2)c1. The largest absolute Gasteiger partial charge is 0.378 e. The van der Waals surface area contributed by atoms with Gasteiger partial charge in [-0.05, 0) is 37.8 Å². The van der Waals surface area contributed by atoms with Crippen LogP contribution in [0.2, 0.25) is 5.02 Å². The van der Waals surface area contributed by atoms with Crippen LogP contribution in [0, 0.1) is 22.7 Å². The smallest absolute Gasteiger partial charge is 0.232 e. The van der Waals surface area contributed by atoms with Gasteiger partial charge in [0.1, 0.15) is 11.6 Å². The normalized spacial score (nSPS) is 23.5.